The minimum Gasteiger partial charge on any atom is -0.477 e. The molecule has 0 atom stereocenters. The number of aromatic amines is 2. The van der Waals surface area contributed by atoms with E-state index < -0.39 is 5.97 Å². The summed E-state index contributed by atoms with van der Waals surface area (Å²) in [6, 6.07) is 6.88. The standard InChI is InChI=1S/C10H7N5O2/c16-10(17)9-4-7(11-12-9)5-1-2-6-8(3-5)14-15-13-6/h1-4H,(H,11,12)(H,16,17)(H,13,14,15). The molecule has 17 heavy (non-hydrogen) atoms. The number of carbonyl (C=O) groups is 1. The molecule has 0 aliphatic heterocycles. The number of carboxylic acids is 1. The van der Waals surface area contributed by atoms with E-state index in [0.29, 0.717) is 11.2 Å². The van der Waals surface area contributed by atoms with Gasteiger partial charge in [0.1, 0.15) is 16.7 Å². The molecule has 0 radical (unpaired) electrons. The zero-order valence-corrected chi connectivity index (χ0v) is 8.51. The molecule has 0 saturated carbocycles. The van der Waals surface area contributed by atoms with Crippen LogP contribution in [0.3, 0.4) is 0 Å². The maximum Gasteiger partial charge on any atom is 0.353 e. The van der Waals surface area contributed by atoms with Gasteiger partial charge in [-0.05, 0) is 18.2 Å². The lowest BCUT2D eigenvalue weighted by Gasteiger charge is -1.94. The van der Waals surface area contributed by atoms with Crippen molar-refractivity contribution in [2.45, 2.75) is 0 Å². The molecule has 2 heterocycles. The summed E-state index contributed by atoms with van der Waals surface area (Å²) >= 11 is 0. The van der Waals surface area contributed by atoms with Gasteiger partial charge in [0.25, 0.3) is 0 Å². The van der Waals surface area contributed by atoms with Crippen LogP contribution in [0.5, 0.6) is 0 Å². The Labute approximate surface area is 94.5 Å². The van der Waals surface area contributed by atoms with Gasteiger partial charge in [-0.15, -0.1) is 0 Å². The molecular formula is C10H7N5O2. The van der Waals surface area contributed by atoms with Gasteiger partial charge in [-0.1, -0.05) is 6.07 Å². The van der Waals surface area contributed by atoms with Crippen LogP contribution in [0.4, 0.5) is 0 Å². The molecule has 3 aromatic rings. The van der Waals surface area contributed by atoms with E-state index in [9.17, 15) is 4.79 Å². The topological polar surface area (TPSA) is 108 Å². The van der Waals surface area contributed by atoms with Gasteiger partial charge >= 0.3 is 5.97 Å². The van der Waals surface area contributed by atoms with Crippen molar-refractivity contribution in [2.24, 2.45) is 0 Å². The SMILES string of the molecule is O=C(O)c1cc(-c2ccc3n[nH]nc3c2)n[nH]1. The van der Waals surface area contributed by atoms with E-state index in [1.54, 1.807) is 12.1 Å². The van der Waals surface area contributed by atoms with E-state index in [0.717, 1.165) is 11.1 Å². The highest BCUT2D eigenvalue weighted by atomic mass is 16.4. The van der Waals surface area contributed by atoms with Gasteiger partial charge in [-0.25, -0.2) is 4.79 Å². The zero-order valence-electron chi connectivity index (χ0n) is 8.51. The Morgan fingerprint density at radius 3 is 2.71 bits per heavy atom. The summed E-state index contributed by atoms with van der Waals surface area (Å²) < 4.78 is 0. The highest BCUT2D eigenvalue weighted by molar-refractivity contribution is 5.87. The normalized spacial score (nSPS) is 10.8. The fourth-order valence-corrected chi connectivity index (χ4v) is 1.58. The van der Waals surface area contributed by atoms with Crippen LogP contribution in [0.15, 0.2) is 24.3 Å². The lowest BCUT2D eigenvalue weighted by molar-refractivity contribution is 0.0690. The number of nitrogens with one attached hydrogen (secondary N) is 2. The quantitative estimate of drug-likeness (QED) is 0.608. The fourth-order valence-electron chi connectivity index (χ4n) is 1.58. The summed E-state index contributed by atoms with van der Waals surface area (Å²) in [6.45, 7) is 0. The van der Waals surface area contributed by atoms with Crippen molar-refractivity contribution in [3.63, 3.8) is 0 Å². The van der Waals surface area contributed by atoms with Crippen LogP contribution in [-0.2, 0) is 0 Å². The van der Waals surface area contributed by atoms with Crippen molar-refractivity contribution in [3.05, 3.63) is 30.0 Å². The number of aromatic carboxylic acids is 1. The predicted molar refractivity (Wildman–Crippen MR) is 58.4 cm³/mol. The lowest BCUT2D eigenvalue weighted by atomic mass is 10.1. The number of H-pyrrole nitrogens is 2. The minimum atomic E-state index is -1.04. The Bertz CT molecular complexity index is 699. The molecule has 0 saturated heterocycles. The first-order valence-electron chi connectivity index (χ1n) is 4.83. The molecule has 0 spiro atoms. The molecule has 0 fully saturated rings. The van der Waals surface area contributed by atoms with Crippen molar-refractivity contribution in [1.29, 1.82) is 0 Å². The smallest absolute Gasteiger partial charge is 0.353 e. The lowest BCUT2D eigenvalue weighted by Crippen LogP contribution is -1.95. The second-order valence-electron chi connectivity index (χ2n) is 3.50. The molecule has 3 N–H and O–H groups in total. The number of aromatic nitrogens is 5. The van der Waals surface area contributed by atoms with Gasteiger partial charge in [0.05, 0.1) is 5.69 Å². The number of fused-ring (bicyclic) bond motifs is 1. The average molecular weight is 229 g/mol. The number of hydrogen-bond acceptors (Lipinski definition) is 4. The summed E-state index contributed by atoms with van der Waals surface area (Å²) in [5.41, 5.74) is 2.87. The third-order valence-corrected chi connectivity index (χ3v) is 2.42. The van der Waals surface area contributed by atoms with E-state index in [4.69, 9.17) is 5.11 Å². The highest BCUT2D eigenvalue weighted by Crippen LogP contribution is 2.21. The van der Waals surface area contributed by atoms with Gasteiger partial charge in [0.15, 0.2) is 0 Å². The molecule has 0 aliphatic carbocycles. The largest absolute Gasteiger partial charge is 0.477 e. The third-order valence-electron chi connectivity index (χ3n) is 2.42. The van der Waals surface area contributed by atoms with Crippen LogP contribution in [-0.4, -0.2) is 36.7 Å². The van der Waals surface area contributed by atoms with E-state index in [1.165, 1.54) is 6.07 Å². The second-order valence-corrected chi connectivity index (χ2v) is 3.50. The monoisotopic (exact) mass is 229 g/mol. The predicted octanol–water partition coefficient (Wildman–Crippen LogP) is 1.05. The van der Waals surface area contributed by atoms with E-state index >= 15 is 0 Å². The summed E-state index contributed by atoms with van der Waals surface area (Å²) in [5, 5.41) is 25.6. The second kappa shape index (κ2) is 3.41. The molecule has 7 heteroatoms. The number of carboxylic acid groups (broad SMARTS) is 1. The Hall–Kier alpha value is -2.70. The molecule has 0 aliphatic rings. The summed E-state index contributed by atoms with van der Waals surface area (Å²) in [6.07, 6.45) is 0. The summed E-state index contributed by atoms with van der Waals surface area (Å²) in [5.74, 6) is -1.04. The Balaban J connectivity index is 2.09. The molecule has 3 rings (SSSR count). The van der Waals surface area contributed by atoms with Crippen LogP contribution in [0, 0.1) is 0 Å². The van der Waals surface area contributed by atoms with Gasteiger partial charge in [0.2, 0.25) is 0 Å². The molecule has 84 valence electrons. The summed E-state index contributed by atoms with van der Waals surface area (Å²) in [7, 11) is 0. The van der Waals surface area contributed by atoms with Crippen LogP contribution >= 0.6 is 0 Å². The van der Waals surface area contributed by atoms with Crippen LogP contribution < -0.4 is 0 Å². The van der Waals surface area contributed by atoms with Crippen LogP contribution in [0.25, 0.3) is 22.3 Å². The van der Waals surface area contributed by atoms with Crippen molar-refractivity contribution < 1.29 is 9.90 Å². The Morgan fingerprint density at radius 2 is 1.94 bits per heavy atom. The molecule has 1 aromatic carbocycles. The van der Waals surface area contributed by atoms with Crippen molar-refractivity contribution in [2.75, 3.05) is 0 Å². The first kappa shape index (κ1) is 9.52. The number of benzene rings is 1. The van der Waals surface area contributed by atoms with Crippen molar-refractivity contribution >= 4 is 17.0 Å². The van der Waals surface area contributed by atoms with E-state index in [-0.39, 0.29) is 5.69 Å². The van der Waals surface area contributed by atoms with E-state index in [1.807, 2.05) is 6.07 Å². The maximum absolute atomic E-state index is 10.7. The third kappa shape index (κ3) is 1.53. The Morgan fingerprint density at radius 1 is 1.12 bits per heavy atom. The average Bonchev–Trinajstić information content (AvgIpc) is 2.97. The summed E-state index contributed by atoms with van der Waals surface area (Å²) in [4.78, 5) is 10.7. The molecule has 0 amide bonds. The van der Waals surface area contributed by atoms with Crippen molar-refractivity contribution in [1.82, 2.24) is 25.6 Å². The zero-order chi connectivity index (χ0) is 11.8. The first-order valence-corrected chi connectivity index (χ1v) is 4.83. The van der Waals surface area contributed by atoms with Gasteiger partial charge < -0.3 is 5.11 Å². The number of rotatable bonds is 2. The molecular weight excluding hydrogens is 222 g/mol. The highest BCUT2D eigenvalue weighted by Gasteiger charge is 2.10. The molecule has 2 aromatic heterocycles. The number of nitrogens with zero attached hydrogens (tertiary/aromatic N) is 3. The molecule has 0 bridgehead atoms. The van der Waals surface area contributed by atoms with Crippen molar-refractivity contribution in [3.8, 4) is 11.3 Å². The molecule has 0 unspecified atom stereocenters. The van der Waals surface area contributed by atoms with Crippen LogP contribution in [0.2, 0.25) is 0 Å². The minimum absolute atomic E-state index is 0.0558. The van der Waals surface area contributed by atoms with Gasteiger partial charge in [0, 0.05) is 5.56 Å². The molecule has 7 nitrogen and oxygen atoms in total. The van der Waals surface area contributed by atoms with Gasteiger partial charge in [-0.3, -0.25) is 5.10 Å². The fraction of sp³-hybridized carbons (Fsp3) is 0. The maximum atomic E-state index is 10.7. The number of hydrogen-bond donors (Lipinski definition) is 3. The van der Waals surface area contributed by atoms with E-state index in [2.05, 4.69) is 25.6 Å². The van der Waals surface area contributed by atoms with Crippen LogP contribution in [0.1, 0.15) is 10.5 Å². The first-order chi connectivity index (χ1) is 8.24. The van der Waals surface area contributed by atoms with Gasteiger partial charge in [-0.2, -0.15) is 20.5 Å². The Kier molecular flexibility index (Phi) is 1.91.